The highest BCUT2D eigenvalue weighted by Gasteiger charge is 2.27. The van der Waals surface area contributed by atoms with Crippen molar-refractivity contribution in [2.75, 3.05) is 11.9 Å². The van der Waals surface area contributed by atoms with E-state index in [-0.39, 0.29) is 11.7 Å². The number of halogens is 1. The number of aromatic nitrogens is 4. The first-order valence-corrected chi connectivity index (χ1v) is 10.7. The van der Waals surface area contributed by atoms with Crippen LogP contribution < -0.4 is 10.6 Å². The van der Waals surface area contributed by atoms with E-state index in [0.717, 1.165) is 47.8 Å². The molecule has 0 unspecified atom stereocenters. The number of fused-ring (bicyclic) bond motifs is 4. The largest absolute Gasteiger partial charge is 0.370 e. The van der Waals surface area contributed by atoms with Gasteiger partial charge in [0.05, 0.1) is 11.4 Å². The van der Waals surface area contributed by atoms with Crippen LogP contribution in [0.5, 0.6) is 0 Å². The molecule has 0 saturated carbocycles. The minimum Gasteiger partial charge on any atom is -0.370 e. The van der Waals surface area contributed by atoms with E-state index in [1.54, 1.807) is 24.5 Å². The van der Waals surface area contributed by atoms with Gasteiger partial charge in [0.1, 0.15) is 17.3 Å². The molecule has 1 amide bonds. The lowest BCUT2D eigenvalue weighted by atomic mass is 10.2. The number of hydrogen-bond donors (Lipinski definition) is 2. The Morgan fingerprint density at radius 3 is 2.94 bits per heavy atom. The molecule has 0 radical (unpaired) electrons. The van der Waals surface area contributed by atoms with E-state index >= 15 is 0 Å². The number of nitrogens with zero attached hydrogens (tertiary/aromatic N) is 4. The highest BCUT2D eigenvalue weighted by molar-refractivity contribution is 6.02. The molecule has 2 aliphatic heterocycles. The maximum absolute atomic E-state index is 13.9. The van der Waals surface area contributed by atoms with Crippen LogP contribution in [0.1, 0.15) is 34.0 Å². The van der Waals surface area contributed by atoms with Gasteiger partial charge in [-0.1, -0.05) is 0 Å². The summed E-state index contributed by atoms with van der Waals surface area (Å²) in [4.78, 5) is 22.2. The first-order chi connectivity index (χ1) is 15.7. The number of nitrogens with one attached hydrogen (secondary N) is 2. The molecule has 8 heteroatoms. The van der Waals surface area contributed by atoms with Crippen LogP contribution in [0, 0.1) is 5.82 Å². The monoisotopic (exact) mass is 428 g/mol. The molecule has 32 heavy (non-hydrogen) atoms. The number of carbonyl (C=O) groups excluding carboxylic acids is 1. The molecule has 0 fully saturated rings. The molecule has 3 aromatic heterocycles. The molecule has 7 nitrogen and oxygen atoms in total. The molecule has 2 aliphatic rings. The topological polar surface area (TPSA) is 76.8 Å². The van der Waals surface area contributed by atoms with Crippen molar-refractivity contribution in [3.05, 3.63) is 83.5 Å². The van der Waals surface area contributed by atoms with Crippen LogP contribution in [0.2, 0.25) is 0 Å². The first kappa shape index (κ1) is 18.8. The van der Waals surface area contributed by atoms with Gasteiger partial charge in [-0.2, -0.15) is 0 Å². The van der Waals surface area contributed by atoms with Crippen molar-refractivity contribution < 1.29 is 9.18 Å². The highest BCUT2D eigenvalue weighted by Crippen LogP contribution is 2.30. The van der Waals surface area contributed by atoms with Crippen molar-refractivity contribution in [3.8, 4) is 0 Å². The Morgan fingerprint density at radius 1 is 1.19 bits per heavy atom. The Bertz CT molecular complexity index is 1380. The molecule has 0 atom stereocenters. The standard InChI is InChI=1S/C24H21FN6O/c25-17-3-4-20-16(12-17)13-21(31(20)14-15-5-9-26-10-6-15)24(32)29-19-7-11-30-22-18(28-23(19)30)2-1-8-27-22/h3-7,9-10,12-13,27H,1-2,8,11,14H2,(H,29,32). The van der Waals surface area contributed by atoms with Gasteiger partial charge in [-0.25, -0.2) is 9.37 Å². The van der Waals surface area contributed by atoms with Crippen molar-refractivity contribution in [1.29, 1.82) is 0 Å². The number of imidazole rings is 1. The van der Waals surface area contributed by atoms with Crippen LogP contribution in [0.4, 0.5) is 10.2 Å². The molecule has 0 bridgehead atoms. The van der Waals surface area contributed by atoms with Crippen LogP contribution in [0.3, 0.4) is 0 Å². The van der Waals surface area contributed by atoms with E-state index in [2.05, 4.69) is 20.2 Å². The summed E-state index contributed by atoms with van der Waals surface area (Å²) in [6, 6.07) is 10.1. The first-order valence-electron chi connectivity index (χ1n) is 10.7. The number of hydrogen-bond acceptors (Lipinski definition) is 4. The maximum atomic E-state index is 13.9. The molecular weight excluding hydrogens is 407 g/mol. The second kappa shape index (κ2) is 7.33. The van der Waals surface area contributed by atoms with Gasteiger partial charge in [-0.3, -0.25) is 9.78 Å². The molecule has 1 aromatic carbocycles. The van der Waals surface area contributed by atoms with E-state index < -0.39 is 0 Å². The molecular formula is C24H21FN6O. The zero-order valence-electron chi connectivity index (χ0n) is 17.3. The number of anilines is 1. The Hall–Kier alpha value is -3.94. The Labute approximate surface area is 183 Å². The molecule has 160 valence electrons. The molecule has 6 rings (SSSR count). The SMILES string of the molecule is O=C(NC1=CCn2c1nc1c2NCCC1)c1cc2cc(F)ccc2n1Cc1ccncc1. The molecule has 0 spiro atoms. The number of carbonyl (C=O) groups is 1. The summed E-state index contributed by atoms with van der Waals surface area (Å²) in [7, 11) is 0. The van der Waals surface area contributed by atoms with Crippen molar-refractivity contribution in [2.45, 2.75) is 25.9 Å². The second-order valence-electron chi connectivity index (χ2n) is 8.12. The van der Waals surface area contributed by atoms with Crippen molar-refractivity contribution in [3.63, 3.8) is 0 Å². The van der Waals surface area contributed by atoms with Crippen molar-refractivity contribution in [2.24, 2.45) is 0 Å². The van der Waals surface area contributed by atoms with Gasteiger partial charge in [0.25, 0.3) is 5.91 Å². The third-order valence-corrected chi connectivity index (χ3v) is 6.08. The van der Waals surface area contributed by atoms with Crippen LogP contribution in [-0.4, -0.2) is 31.6 Å². The zero-order valence-corrected chi connectivity index (χ0v) is 17.3. The third kappa shape index (κ3) is 3.07. The van der Waals surface area contributed by atoms with Crippen LogP contribution in [0.25, 0.3) is 16.6 Å². The summed E-state index contributed by atoms with van der Waals surface area (Å²) in [6.07, 6.45) is 7.42. The smallest absolute Gasteiger partial charge is 0.272 e. The quantitative estimate of drug-likeness (QED) is 0.521. The lowest BCUT2D eigenvalue weighted by molar-refractivity contribution is 0.0965. The highest BCUT2D eigenvalue weighted by atomic mass is 19.1. The van der Waals surface area contributed by atoms with Gasteiger partial charge in [-0.05, 0) is 60.9 Å². The van der Waals surface area contributed by atoms with Gasteiger partial charge in [0, 0.05) is 42.9 Å². The molecule has 0 aliphatic carbocycles. The van der Waals surface area contributed by atoms with Crippen molar-refractivity contribution >= 4 is 28.3 Å². The van der Waals surface area contributed by atoms with E-state index in [4.69, 9.17) is 4.98 Å². The normalized spacial score (nSPS) is 14.6. The number of pyridine rings is 1. The number of allylic oxidation sites excluding steroid dienone is 1. The second-order valence-corrected chi connectivity index (χ2v) is 8.12. The van der Waals surface area contributed by atoms with Gasteiger partial charge in [-0.15, -0.1) is 0 Å². The summed E-state index contributed by atoms with van der Waals surface area (Å²) in [5.74, 6) is 1.25. The molecule has 4 aromatic rings. The van der Waals surface area contributed by atoms with Gasteiger partial charge in [0.15, 0.2) is 5.82 Å². The van der Waals surface area contributed by atoms with E-state index in [9.17, 15) is 9.18 Å². The van der Waals surface area contributed by atoms with Gasteiger partial charge in [0.2, 0.25) is 0 Å². The predicted octanol–water partition coefficient (Wildman–Crippen LogP) is 3.56. The summed E-state index contributed by atoms with van der Waals surface area (Å²) in [5, 5.41) is 7.15. The summed E-state index contributed by atoms with van der Waals surface area (Å²) in [5.41, 5.74) is 4.03. The van der Waals surface area contributed by atoms with Crippen LogP contribution in [-0.2, 0) is 19.5 Å². The molecule has 0 saturated heterocycles. The van der Waals surface area contributed by atoms with E-state index in [0.29, 0.717) is 29.9 Å². The lowest BCUT2D eigenvalue weighted by Gasteiger charge is -2.14. The Balaban J connectivity index is 1.35. The fourth-order valence-electron chi connectivity index (χ4n) is 4.56. The molecule has 5 heterocycles. The van der Waals surface area contributed by atoms with Crippen LogP contribution in [0.15, 0.2) is 54.9 Å². The van der Waals surface area contributed by atoms with E-state index in [1.807, 2.05) is 22.8 Å². The predicted molar refractivity (Wildman–Crippen MR) is 120 cm³/mol. The fraction of sp³-hybridized carbons (Fsp3) is 0.208. The number of rotatable bonds is 4. The maximum Gasteiger partial charge on any atom is 0.272 e. The molecule has 2 N–H and O–H groups in total. The average Bonchev–Trinajstić information content (AvgIpc) is 3.47. The Kier molecular flexibility index (Phi) is 4.31. The number of aryl methyl sites for hydroxylation is 1. The lowest BCUT2D eigenvalue weighted by Crippen LogP contribution is -2.25. The third-order valence-electron chi connectivity index (χ3n) is 6.08. The number of amides is 1. The minimum atomic E-state index is -0.330. The van der Waals surface area contributed by atoms with Gasteiger partial charge < -0.3 is 19.8 Å². The van der Waals surface area contributed by atoms with Crippen molar-refractivity contribution in [1.82, 2.24) is 24.4 Å². The zero-order chi connectivity index (χ0) is 21.7. The minimum absolute atomic E-state index is 0.246. The summed E-state index contributed by atoms with van der Waals surface area (Å²) in [6.45, 7) is 2.09. The van der Waals surface area contributed by atoms with Crippen LogP contribution >= 0.6 is 0 Å². The van der Waals surface area contributed by atoms with E-state index in [1.165, 1.54) is 12.1 Å². The Morgan fingerprint density at radius 2 is 2.06 bits per heavy atom. The summed E-state index contributed by atoms with van der Waals surface area (Å²) < 4.78 is 17.9. The summed E-state index contributed by atoms with van der Waals surface area (Å²) >= 11 is 0. The van der Waals surface area contributed by atoms with Gasteiger partial charge >= 0.3 is 0 Å². The fourth-order valence-corrected chi connectivity index (χ4v) is 4.56. The number of benzene rings is 1. The average molecular weight is 428 g/mol.